The molecule has 0 unspecified atom stereocenters. The van der Waals surface area contributed by atoms with Gasteiger partial charge in [-0.2, -0.15) is 5.10 Å². The first-order valence-electron chi connectivity index (χ1n) is 3.78. The summed E-state index contributed by atoms with van der Waals surface area (Å²) in [6.07, 6.45) is 0. The second kappa shape index (κ2) is 2.49. The minimum absolute atomic E-state index is 0.589. The molecule has 0 N–H and O–H groups in total. The van der Waals surface area contributed by atoms with Gasteiger partial charge in [-0.1, -0.05) is 23.7 Å². The summed E-state index contributed by atoms with van der Waals surface area (Å²) in [5.41, 5.74) is 2.26. The van der Waals surface area contributed by atoms with Gasteiger partial charge in [0.25, 0.3) is 0 Å². The molecule has 0 amide bonds. The number of nitrogens with zero attached hydrogens (tertiary/aromatic N) is 2. The van der Waals surface area contributed by atoms with E-state index < -0.39 is 0 Å². The van der Waals surface area contributed by atoms with E-state index in [0.29, 0.717) is 5.15 Å². The van der Waals surface area contributed by atoms with Gasteiger partial charge >= 0.3 is 0 Å². The van der Waals surface area contributed by atoms with Gasteiger partial charge in [-0.15, -0.1) is 0 Å². The minimum Gasteiger partial charge on any atom is -0.266 e. The summed E-state index contributed by atoms with van der Waals surface area (Å²) in [6.45, 7) is 2.04. The summed E-state index contributed by atoms with van der Waals surface area (Å²) in [5.74, 6) is 0. The smallest absolute Gasteiger partial charge is 0.159 e. The van der Waals surface area contributed by atoms with E-state index >= 15 is 0 Å². The summed E-state index contributed by atoms with van der Waals surface area (Å²) in [6, 6.07) is 6.06. The second-order valence-electron chi connectivity index (χ2n) is 2.88. The fraction of sp³-hybridized carbons (Fsp3) is 0.222. The molecule has 3 heteroatoms. The summed E-state index contributed by atoms with van der Waals surface area (Å²) < 4.78 is 1.80. The van der Waals surface area contributed by atoms with Crippen molar-refractivity contribution >= 4 is 22.5 Å². The van der Waals surface area contributed by atoms with Crippen LogP contribution in [0, 0.1) is 6.92 Å². The molecular weight excluding hydrogens is 172 g/mol. The SMILES string of the molecule is Cc1cccc2c1c(Cl)nn2C. The number of halogens is 1. The van der Waals surface area contributed by atoms with Gasteiger partial charge in [0, 0.05) is 12.4 Å². The molecule has 1 heterocycles. The summed E-state index contributed by atoms with van der Waals surface area (Å²) >= 11 is 5.95. The third-order valence-corrected chi connectivity index (χ3v) is 2.31. The zero-order valence-corrected chi connectivity index (χ0v) is 7.76. The molecule has 0 spiro atoms. The van der Waals surface area contributed by atoms with Crippen molar-refractivity contribution < 1.29 is 0 Å². The average Bonchev–Trinajstić information content (AvgIpc) is 2.29. The molecule has 0 fully saturated rings. The highest BCUT2D eigenvalue weighted by molar-refractivity contribution is 6.34. The predicted molar refractivity (Wildman–Crippen MR) is 50.5 cm³/mol. The van der Waals surface area contributed by atoms with Crippen molar-refractivity contribution in [1.29, 1.82) is 0 Å². The average molecular weight is 181 g/mol. The monoisotopic (exact) mass is 180 g/mol. The highest BCUT2D eigenvalue weighted by atomic mass is 35.5. The van der Waals surface area contributed by atoms with E-state index in [1.165, 1.54) is 5.56 Å². The molecule has 0 aliphatic carbocycles. The van der Waals surface area contributed by atoms with Gasteiger partial charge in [0.1, 0.15) is 0 Å². The zero-order valence-electron chi connectivity index (χ0n) is 7.00. The zero-order chi connectivity index (χ0) is 8.72. The molecule has 0 bridgehead atoms. The molecule has 1 aromatic carbocycles. The van der Waals surface area contributed by atoms with Crippen LogP contribution in [0.2, 0.25) is 5.15 Å². The molecule has 62 valence electrons. The van der Waals surface area contributed by atoms with Gasteiger partial charge in [0.05, 0.1) is 5.52 Å². The van der Waals surface area contributed by atoms with Crippen molar-refractivity contribution in [2.75, 3.05) is 0 Å². The first-order valence-corrected chi connectivity index (χ1v) is 4.16. The molecule has 0 aliphatic rings. The number of rotatable bonds is 0. The Balaban J connectivity index is 2.99. The van der Waals surface area contributed by atoms with E-state index in [0.717, 1.165) is 10.9 Å². The van der Waals surface area contributed by atoms with E-state index in [-0.39, 0.29) is 0 Å². The molecule has 0 aliphatic heterocycles. The fourth-order valence-corrected chi connectivity index (χ4v) is 1.79. The lowest BCUT2D eigenvalue weighted by molar-refractivity contribution is 0.797. The number of aryl methyl sites for hydroxylation is 2. The molecular formula is C9H9ClN2. The number of hydrogen-bond acceptors (Lipinski definition) is 1. The Morgan fingerprint density at radius 2 is 2.17 bits per heavy atom. The van der Waals surface area contributed by atoms with Crippen molar-refractivity contribution in [1.82, 2.24) is 9.78 Å². The lowest BCUT2D eigenvalue weighted by atomic mass is 10.1. The molecule has 0 radical (unpaired) electrons. The minimum atomic E-state index is 0.589. The van der Waals surface area contributed by atoms with E-state index in [1.807, 2.05) is 32.2 Å². The number of hydrogen-bond donors (Lipinski definition) is 0. The highest BCUT2D eigenvalue weighted by Crippen LogP contribution is 2.24. The van der Waals surface area contributed by atoms with Gasteiger partial charge in [0.15, 0.2) is 5.15 Å². The molecule has 2 rings (SSSR count). The maximum atomic E-state index is 5.95. The van der Waals surface area contributed by atoms with Gasteiger partial charge < -0.3 is 0 Å². The van der Waals surface area contributed by atoms with Crippen LogP contribution in [0.25, 0.3) is 10.9 Å². The van der Waals surface area contributed by atoms with Crippen LogP contribution in [0.5, 0.6) is 0 Å². The Morgan fingerprint density at radius 1 is 1.42 bits per heavy atom. The Bertz CT molecular complexity index is 431. The van der Waals surface area contributed by atoms with Gasteiger partial charge in [-0.25, -0.2) is 0 Å². The Kier molecular flexibility index (Phi) is 1.58. The topological polar surface area (TPSA) is 17.8 Å². The first kappa shape index (κ1) is 7.62. The van der Waals surface area contributed by atoms with E-state index in [4.69, 9.17) is 11.6 Å². The molecule has 12 heavy (non-hydrogen) atoms. The number of benzene rings is 1. The van der Waals surface area contributed by atoms with Crippen molar-refractivity contribution in [2.24, 2.45) is 7.05 Å². The fourth-order valence-electron chi connectivity index (χ4n) is 1.43. The Labute approximate surface area is 75.8 Å². The standard InChI is InChI=1S/C9H9ClN2/c1-6-4-3-5-7-8(6)9(10)11-12(7)2/h3-5H,1-2H3. The number of aromatic nitrogens is 2. The van der Waals surface area contributed by atoms with Crippen molar-refractivity contribution in [3.8, 4) is 0 Å². The van der Waals surface area contributed by atoms with Crippen LogP contribution in [-0.2, 0) is 7.05 Å². The van der Waals surface area contributed by atoms with Crippen LogP contribution >= 0.6 is 11.6 Å². The largest absolute Gasteiger partial charge is 0.266 e. The highest BCUT2D eigenvalue weighted by Gasteiger charge is 2.06. The van der Waals surface area contributed by atoms with Crippen molar-refractivity contribution in [3.63, 3.8) is 0 Å². The van der Waals surface area contributed by atoms with E-state index in [1.54, 1.807) is 4.68 Å². The molecule has 0 saturated heterocycles. The van der Waals surface area contributed by atoms with Crippen LogP contribution in [0.1, 0.15) is 5.56 Å². The van der Waals surface area contributed by atoms with Crippen LogP contribution in [-0.4, -0.2) is 9.78 Å². The quantitative estimate of drug-likeness (QED) is 0.609. The van der Waals surface area contributed by atoms with Crippen molar-refractivity contribution in [2.45, 2.75) is 6.92 Å². The second-order valence-corrected chi connectivity index (χ2v) is 3.24. The Morgan fingerprint density at radius 3 is 2.83 bits per heavy atom. The van der Waals surface area contributed by atoms with Crippen LogP contribution in [0.15, 0.2) is 18.2 Å². The van der Waals surface area contributed by atoms with E-state index in [9.17, 15) is 0 Å². The van der Waals surface area contributed by atoms with Gasteiger partial charge in [0.2, 0.25) is 0 Å². The maximum Gasteiger partial charge on any atom is 0.159 e. The van der Waals surface area contributed by atoms with E-state index in [2.05, 4.69) is 5.10 Å². The third kappa shape index (κ3) is 0.916. The molecule has 2 nitrogen and oxygen atoms in total. The summed E-state index contributed by atoms with van der Waals surface area (Å²) in [7, 11) is 1.90. The van der Waals surface area contributed by atoms with Gasteiger partial charge in [-0.3, -0.25) is 4.68 Å². The molecule has 0 saturated carbocycles. The summed E-state index contributed by atoms with van der Waals surface area (Å²) in [5, 5.41) is 5.78. The third-order valence-electron chi connectivity index (χ3n) is 2.04. The molecule has 1 aromatic heterocycles. The maximum absolute atomic E-state index is 5.95. The summed E-state index contributed by atoms with van der Waals surface area (Å²) in [4.78, 5) is 0. The molecule has 0 atom stereocenters. The van der Waals surface area contributed by atoms with Crippen molar-refractivity contribution in [3.05, 3.63) is 28.9 Å². The Hall–Kier alpha value is -1.02. The predicted octanol–water partition coefficient (Wildman–Crippen LogP) is 2.54. The number of fused-ring (bicyclic) bond motifs is 1. The normalized spacial score (nSPS) is 10.9. The van der Waals surface area contributed by atoms with Crippen LogP contribution < -0.4 is 0 Å². The first-order chi connectivity index (χ1) is 5.70. The van der Waals surface area contributed by atoms with Gasteiger partial charge in [-0.05, 0) is 18.6 Å². The van der Waals surface area contributed by atoms with Crippen LogP contribution in [0.3, 0.4) is 0 Å². The lowest BCUT2D eigenvalue weighted by Crippen LogP contribution is -1.88. The van der Waals surface area contributed by atoms with Crippen LogP contribution in [0.4, 0.5) is 0 Å². The molecule has 2 aromatic rings. The lowest BCUT2D eigenvalue weighted by Gasteiger charge is -1.95.